The van der Waals surface area contributed by atoms with Gasteiger partial charge in [-0.3, -0.25) is 9.59 Å². The summed E-state index contributed by atoms with van der Waals surface area (Å²) >= 11 is 0. The maximum absolute atomic E-state index is 13.1. The third kappa shape index (κ3) is 4.35. The Morgan fingerprint density at radius 3 is 2.12 bits per heavy atom. The normalized spacial score (nSPS) is 24.8. The highest BCUT2D eigenvalue weighted by Gasteiger charge is 2.69. The van der Waals surface area contributed by atoms with Crippen LogP contribution in [0, 0.1) is 0 Å². The number of nitrogens with one attached hydrogen (secondary N) is 2. The molecule has 1 aromatic carbocycles. The van der Waals surface area contributed by atoms with Gasteiger partial charge in [-0.05, 0) is 37.5 Å². The van der Waals surface area contributed by atoms with E-state index in [2.05, 4.69) is 25.1 Å². The summed E-state index contributed by atoms with van der Waals surface area (Å²) in [7, 11) is 1.51. The average Bonchev–Trinajstić information content (AvgIpc) is 3.07. The van der Waals surface area contributed by atoms with E-state index >= 15 is 0 Å². The summed E-state index contributed by atoms with van der Waals surface area (Å²) in [6, 6.07) is 7.22. The van der Waals surface area contributed by atoms with Crippen molar-refractivity contribution in [2.75, 3.05) is 20.3 Å². The SMILES string of the molecule is COc1ccc(OCC(=O)NC23CC(NC(=O)COc4ccc5c(c4)OC(F)(F)O5)(C2)C3)cn1. The topological polar surface area (TPSA) is 117 Å². The van der Waals surface area contributed by atoms with Crippen LogP contribution < -0.4 is 34.3 Å². The van der Waals surface area contributed by atoms with E-state index in [9.17, 15) is 18.4 Å². The number of amides is 2. The fraction of sp³-hybridized carbons (Fsp3) is 0.409. The summed E-state index contributed by atoms with van der Waals surface area (Å²) in [5.74, 6) is 0.229. The predicted molar refractivity (Wildman–Crippen MR) is 110 cm³/mol. The van der Waals surface area contributed by atoms with Gasteiger partial charge in [-0.25, -0.2) is 4.98 Å². The molecule has 0 atom stereocenters. The quantitative estimate of drug-likeness (QED) is 0.562. The van der Waals surface area contributed by atoms with Gasteiger partial charge in [0.05, 0.1) is 13.3 Å². The number of pyridine rings is 1. The molecule has 2 aromatic rings. The lowest BCUT2D eigenvalue weighted by Gasteiger charge is -2.70. The highest BCUT2D eigenvalue weighted by atomic mass is 19.3. The maximum atomic E-state index is 13.1. The monoisotopic (exact) mass is 477 g/mol. The van der Waals surface area contributed by atoms with Crippen molar-refractivity contribution in [2.45, 2.75) is 36.6 Å². The van der Waals surface area contributed by atoms with E-state index in [4.69, 9.17) is 14.2 Å². The molecular formula is C22H21F2N3O7. The number of nitrogens with zero attached hydrogens (tertiary/aromatic N) is 1. The molecule has 2 heterocycles. The number of fused-ring (bicyclic) bond motifs is 1. The third-order valence-electron chi connectivity index (χ3n) is 5.87. The Labute approximate surface area is 192 Å². The van der Waals surface area contributed by atoms with Gasteiger partial charge < -0.3 is 34.3 Å². The highest BCUT2D eigenvalue weighted by molar-refractivity contribution is 5.81. The molecule has 3 aliphatic carbocycles. The zero-order valence-electron chi connectivity index (χ0n) is 18.1. The smallest absolute Gasteiger partial charge is 0.484 e. The Morgan fingerprint density at radius 1 is 0.941 bits per heavy atom. The van der Waals surface area contributed by atoms with Crippen LogP contribution >= 0.6 is 0 Å². The minimum Gasteiger partial charge on any atom is -0.484 e. The van der Waals surface area contributed by atoms with Crippen LogP contribution in [0.1, 0.15) is 19.3 Å². The van der Waals surface area contributed by atoms with E-state index in [-0.39, 0.29) is 53.4 Å². The molecule has 3 saturated carbocycles. The Morgan fingerprint density at radius 2 is 1.53 bits per heavy atom. The lowest BCUT2D eigenvalue weighted by molar-refractivity contribution is -0.286. The van der Waals surface area contributed by atoms with Crippen LogP contribution in [0.3, 0.4) is 0 Å². The number of rotatable bonds is 9. The van der Waals surface area contributed by atoms with Gasteiger partial charge >= 0.3 is 6.29 Å². The van der Waals surface area contributed by atoms with Gasteiger partial charge in [0.15, 0.2) is 24.7 Å². The number of hydrogen-bond donors (Lipinski definition) is 2. The zero-order chi connectivity index (χ0) is 24.0. The number of carbonyl (C=O) groups is 2. The maximum Gasteiger partial charge on any atom is 0.586 e. The minimum atomic E-state index is -3.72. The fourth-order valence-electron chi connectivity index (χ4n) is 4.61. The molecule has 1 aliphatic heterocycles. The van der Waals surface area contributed by atoms with Crippen LogP contribution in [-0.4, -0.2) is 54.5 Å². The number of alkyl halides is 2. The van der Waals surface area contributed by atoms with Crippen LogP contribution in [-0.2, 0) is 9.59 Å². The molecule has 4 aliphatic rings. The first kappa shape index (κ1) is 22.0. The standard InChI is InChI=1S/C22H21F2N3O7/c1-30-19-5-3-14(7-25-19)32-9-18(29)27-21-10-20(11-21,12-21)26-17(28)8-31-13-2-4-15-16(6-13)34-22(23,24)33-15/h2-7H,8-12H2,1H3,(H,26,28)(H,27,29). The van der Waals surface area contributed by atoms with Gasteiger partial charge in [-0.15, -0.1) is 8.78 Å². The van der Waals surface area contributed by atoms with Crippen molar-refractivity contribution >= 4 is 11.8 Å². The second-order valence-electron chi connectivity index (χ2n) is 8.58. The van der Waals surface area contributed by atoms with Crippen molar-refractivity contribution in [1.29, 1.82) is 0 Å². The molecule has 2 amide bonds. The van der Waals surface area contributed by atoms with Crippen molar-refractivity contribution in [2.24, 2.45) is 0 Å². The van der Waals surface area contributed by atoms with Crippen LogP contribution in [0.15, 0.2) is 36.5 Å². The number of benzene rings is 1. The third-order valence-corrected chi connectivity index (χ3v) is 5.87. The summed E-state index contributed by atoms with van der Waals surface area (Å²) < 4.78 is 50.6. The first-order valence-corrected chi connectivity index (χ1v) is 10.4. The second-order valence-corrected chi connectivity index (χ2v) is 8.58. The number of hydrogen-bond acceptors (Lipinski definition) is 8. The Balaban J connectivity index is 1.02. The lowest BCUT2D eigenvalue weighted by atomic mass is 9.44. The van der Waals surface area contributed by atoms with E-state index in [0.29, 0.717) is 30.9 Å². The molecule has 12 heteroatoms. The van der Waals surface area contributed by atoms with Crippen LogP contribution in [0.25, 0.3) is 0 Å². The minimum absolute atomic E-state index is 0.103. The van der Waals surface area contributed by atoms with E-state index in [1.165, 1.54) is 31.5 Å². The van der Waals surface area contributed by atoms with Crippen molar-refractivity contribution in [1.82, 2.24) is 15.6 Å². The van der Waals surface area contributed by atoms with Crippen LogP contribution in [0.4, 0.5) is 8.78 Å². The molecule has 2 N–H and O–H groups in total. The Kier molecular flexibility index (Phi) is 5.10. The molecule has 0 saturated heterocycles. The fourth-order valence-corrected chi connectivity index (χ4v) is 4.61. The van der Waals surface area contributed by atoms with E-state index in [1.807, 2.05) is 0 Å². The van der Waals surface area contributed by atoms with Crippen LogP contribution in [0.2, 0.25) is 0 Å². The van der Waals surface area contributed by atoms with Gasteiger partial charge in [0.25, 0.3) is 11.8 Å². The van der Waals surface area contributed by atoms with Gasteiger partial charge in [0.2, 0.25) is 5.88 Å². The van der Waals surface area contributed by atoms with Gasteiger partial charge in [0.1, 0.15) is 11.5 Å². The van der Waals surface area contributed by atoms with Gasteiger partial charge in [-0.2, -0.15) is 0 Å². The summed E-state index contributed by atoms with van der Waals surface area (Å²) in [4.78, 5) is 28.5. The largest absolute Gasteiger partial charge is 0.586 e. The van der Waals surface area contributed by atoms with Crippen molar-refractivity contribution in [3.05, 3.63) is 36.5 Å². The molecular weight excluding hydrogens is 456 g/mol. The number of carbonyl (C=O) groups excluding carboxylic acids is 2. The summed E-state index contributed by atoms with van der Waals surface area (Å²) in [5, 5.41) is 5.88. The van der Waals surface area contributed by atoms with E-state index in [0.717, 1.165) is 0 Å². The molecule has 0 radical (unpaired) electrons. The molecule has 2 bridgehead atoms. The molecule has 10 nitrogen and oxygen atoms in total. The van der Waals surface area contributed by atoms with E-state index < -0.39 is 6.29 Å². The average molecular weight is 477 g/mol. The van der Waals surface area contributed by atoms with Crippen LogP contribution in [0.5, 0.6) is 28.9 Å². The summed E-state index contributed by atoms with van der Waals surface area (Å²) in [5.41, 5.74) is -0.708. The molecule has 0 unspecified atom stereocenters. The van der Waals surface area contributed by atoms with Gasteiger partial charge in [0, 0.05) is 23.2 Å². The zero-order valence-corrected chi connectivity index (χ0v) is 18.1. The summed E-state index contributed by atoms with van der Waals surface area (Å²) in [6.07, 6.45) is -0.409. The molecule has 1 aromatic heterocycles. The predicted octanol–water partition coefficient (Wildman–Crippen LogP) is 1.78. The number of ether oxygens (including phenoxy) is 5. The van der Waals surface area contributed by atoms with Crippen molar-refractivity contribution in [3.8, 4) is 28.9 Å². The Bertz CT molecular complexity index is 1110. The van der Waals surface area contributed by atoms with Crippen molar-refractivity contribution in [3.63, 3.8) is 0 Å². The summed E-state index contributed by atoms with van der Waals surface area (Å²) in [6.45, 7) is -0.439. The molecule has 0 spiro atoms. The number of aromatic nitrogens is 1. The molecule has 34 heavy (non-hydrogen) atoms. The lowest BCUT2D eigenvalue weighted by Crippen LogP contribution is -2.84. The highest BCUT2D eigenvalue weighted by Crippen LogP contribution is 2.60. The first-order chi connectivity index (χ1) is 16.2. The number of methoxy groups -OCH3 is 1. The number of halogens is 2. The molecule has 180 valence electrons. The molecule has 6 rings (SSSR count). The van der Waals surface area contributed by atoms with Crippen molar-refractivity contribution < 1.29 is 42.1 Å². The molecule has 3 fully saturated rings. The first-order valence-electron chi connectivity index (χ1n) is 10.4. The van der Waals surface area contributed by atoms with Gasteiger partial charge in [-0.1, -0.05) is 0 Å². The second kappa shape index (κ2) is 7.89. The Hall–Kier alpha value is -3.83. The van der Waals surface area contributed by atoms with E-state index in [1.54, 1.807) is 12.1 Å².